The summed E-state index contributed by atoms with van der Waals surface area (Å²) >= 11 is 0. The summed E-state index contributed by atoms with van der Waals surface area (Å²) in [5.41, 5.74) is 2.84. The predicted octanol–water partition coefficient (Wildman–Crippen LogP) is 2.52. The van der Waals surface area contributed by atoms with E-state index in [-0.39, 0.29) is 6.04 Å². The SMILES string of the molecule is CN=C(NCC(c1ccco1)N(C)C)N1CCc2ccccc2C1. The van der Waals surface area contributed by atoms with Crippen molar-refractivity contribution in [3.63, 3.8) is 0 Å². The Morgan fingerprint density at radius 1 is 1.25 bits per heavy atom. The number of hydrogen-bond donors (Lipinski definition) is 1. The lowest BCUT2D eigenvalue weighted by Gasteiger charge is -2.33. The number of furan rings is 1. The van der Waals surface area contributed by atoms with Gasteiger partial charge in [0, 0.05) is 26.7 Å². The first-order valence-corrected chi connectivity index (χ1v) is 8.41. The lowest BCUT2D eigenvalue weighted by Crippen LogP contribution is -2.46. The standard InChI is InChI=1S/C19H26N4O/c1-20-19(21-13-17(22(2)3)18-9-6-12-24-18)23-11-10-15-7-4-5-8-16(15)14-23/h4-9,12,17H,10-11,13-14H2,1-3H3,(H,20,21). The topological polar surface area (TPSA) is 44.0 Å². The third kappa shape index (κ3) is 3.62. The Hall–Kier alpha value is -2.27. The van der Waals surface area contributed by atoms with Crippen LogP contribution in [0.5, 0.6) is 0 Å². The van der Waals surface area contributed by atoms with Crippen molar-refractivity contribution in [3.8, 4) is 0 Å². The molecule has 0 fully saturated rings. The number of nitrogens with zero attached hydrogens (tertiary/aromatic N) is 3. The average molecular weight is 326 g/mol. The van der Waals surface area contributed by atoms with Crippen LogP contribution in [0.25, 0.3) is 0 Å². The zero-order valence-corrected chi connectivity index (χ0v) is 14.7. The van der Waals surface area contributed by atoms with Crippen molar-refractivity contribution in [1.29, 1.82) is 0 Å². The second kappa shape index (κ2) is 7.53. The molecule has 0 radical (unpaired) electrons. The molecule has 0 amide bonds. The Labute approximate surface area is 144 Å². The Kier molecular flexibility index (Phi) is 5.20. The van der Waals surface area contributed by atoms with E-state index in [1.807, 2.05) is 19.2 Å². The average Bonchev–Trinajstić information content (AvgIpc) is 3.12. The van der Waals surface area contributed by atoms with Gasteiger partial charge in [-0.15, -0.1) is 0 Å². The normalized spacial score (nSPS) is 16.2. The van der Waals surface area contributed by atoms with Crippen LogP contribution in [-0.2, 0) is 13.0 Å². The van der Waals surface area contributed by atoms with E-state index in [9.17, 15) is 0 Å². The van der Waals surface area contributed by atoms with Crippen LogP contribution in [0, 0.1) is 0 Å². The highest BCUT2D eigenvalue weighted by atomic mass is 16.3. The van der Waals surface area contributed by atoms with Gasteiger partial charge in [0.05, 0.1) is 12.3 Å². The molecular formula is C19H26N4O. The quantitative estimate of drug-likeness (QED) is 0.693. The maximum absolute atomic E-state index is 5.58. The molecule has 1 N–H and O–H groups in total. The zero-order chi connectivity index (χ0) is 16.9. The van der Waals surface area contributed by atoms with E-state index in [1.165, 1.54) is 11.1 Å². The van der Waals surface area contributed by atoms with Crippen molar-refractivity contribution < 1.29 is 4.42 Å². The molecule has 1 aliphatic heterocycles. The van der Waals surface area contributed by atoms with E-state index >= 15 is 0 Å². The highest BCUT2D eigenvalue weighted by Crippen LogP contribution is 2.20. The van der Waals surface area contributed by atoms with Gasteiger partial charge in [0.15, 0.2) is 5.96 Å². The molecule has 1 aromatic heterocycles. The molecule has 2 heterocycles. The second-order valence-electron chi connectivity index (χ2n) is 6.36. The van der Waals surface area contributed by atoms with Crippen molar-refractivity contribution >= 4 is 5.96 Å². The molecule has 128 valence electrons. The Morgan fingerprint density at radius 2 is 2.04 bits per heavy atom. The number of nitrogens with one attached hydrogen (secondary N) is 1. The van der Waals surface area contributed by atoms with Gasteiger partial charge in [0.1, 0.15) is 5.76 Å². The molecule has 0 spiro atoms. The molecule has 3 rings (SSSR count). The first-order chi connectivity index (χ1) is 11.7. The Balaban J connectivity index is 1.65. The fourth-order valence-electron chi connectivity index (χ4n) is 3.22. The molecule has 1 aromatic carbocycles. The van der Waals surface area contributed by atoms with Gasteiger partial charge in [-0.3, -0.25) is 9.89 Å². The molecule has 1 atom stereocenters. The molecule has 1 unspecified atom stereocenters. The van der Waals surface area contributed by atoms with E-state index in [0.29, 0.717) is 0 Å². The summed E-state index contributed by atoms with van der Waals surface area (Å²) in [6, 6.07) is 12.8. The van der Waals surface area contributed by atoms with Gasteiger partial charge in [0.2, 0.25) is 0 Å². The van der Waals surface area contributed by atoms with Crippen LogP contribution in [-0.4, -0.2) is 50.0 Å². The van der Waals surface area contributed by atoms with Crippen LogP contribution in [0.4, 0.5) is 0 Å². The van der Waals surface area contributed by atoms with Crippen LogP contribution in [0.1, 0.15) is 22.9 Å². The van der Waals surface area contributed by atoms with Gasteiger partial charge in [-0.1, -0.05) is 24.3 Å². The monoisotopic (exact) mass is 326 g/mol. The lowest BCUT2D eigenvalue weighted by molar-refractivity contribution is 0.254. The van der Waals surface area contributed by atoms with Gasteiger partial charge in [-0.2, -0.15) is 0 Å². The summed E-state index contributed by atoms with van der Waals surface area (Å²) in [4.78, 5) is 8.95. The summed E-state index contributed by atoms with van der Waals surface area (Å²) in [5, 5.41) is 3.51. The molecule has 0 aliphatic carbocycles. The second-order valence-corrected chi connectivity index (χ2v) is 6.36. The summed E-state index contributed by atoms with van der Waals surface area (Å²) < 4.78 is 5.58. The maximum Gasteiger partial charge on any atom is 0.194 e. The van der Waals surface area contributed by atoms with E-state index in [1.54, 1.807) is 6.26 Å². The Bertz CT molecular complexity index is 678. The number of rotatable bonds is 4. The number of hydrogen-bond acceptors (Lipinski definition) is 3. The summed E-state index contributed by atoms with van der Waals surface area (Å²) in [6.45, 7) is 2.65. The number of benzene rings is 1. The maximum atomic E-state index is 5.58. The first-order valence-electron chi connectivity index (χ1n) is 8.41. The van der Waals surface area contributed by atoms with Crippen molar-refractivity contribution in [2.75, 3.05) is 34.2 Å². The van der Waals surface area contributed by atoms with Crippen LogP contribution >= 0.6 is 0 Å². The van der Waals surface area contributed by atoms with Gasteiger partial charge >= 0.3 is 0 Å². The largest absolute Gasteiger partial charge is 0.468 e. The third-order valence-electron chi connectivity index (χ3n) is 4.59. The minimum absolute atomic E-state index is 0.175. The number of guanidine groups is 1. The lowest BCUT2D eigenvalue weighted by atomic mass is 10.0. The van der Waals surface area contributed by atoms with Crippen molar-refractivity contribution in [1.82, 2.24) is 15.1 Å². The summed E-state index contributed by atoms with van der Waals surface area (Å²) in [6.07, 6.45) is 2.79. The molecule has 0 bridgehead atoms. The first kappa shape index (κ1) is 16.6. The number of likely N-dealkylation sites (N-methyl/N-ethyl adjacent to an activating group) is 1. The van der Waals surface area contributed by atoms with E-state index in [2.05, 4.69) is 58.5 Å². The Morgan fingerprint density at radius 3 is 2.71 bits per heavy atom. The molecule has 5 nitrogen and oxygen atoms in total. The van der Waals surface area contributed by atoms with Crippen LogP contribution in [0.3, 0.4) is 0 Å². The van der Waals surface area contributed by atoms with E-state index in [0.717, 1.165) is 37.8 Å². The van der Waals surface area contributed by atoms with Crippen LogP contribution in [0.15, 0.2) is 52.1 Å². The molecule has 1 aliphatic rings. The highest BCUT2D eigenvalue weighted by molar-refractivity contribution is 5.80. The van der Waals surface area contributed by atoms with E-state index < -0.39 is 0 Å². The zero-order valence-electron chi connectivity index (χ0n) is 14.7. The summed E-state index contributed by atoms with van der Waals surface area (Å²) in [7, 11) is 5.98. The van der Waals surface area contributed by atoms with Gasteiger partial charge in [-0.25, -0.2) is 0 Å². The minimum Gasteiger partial charge on any atom is -0.468 e. The molecular weight excluding hydrogens is 300 g/mol. The molecule has 2 aromatic rings. The fourth-order valence-corrected chi connectivity index (χ4v) is 3.22. The molecule has 0 saturated heterocycles. The van der Waals surface area contributed by atoms with Crippen molar-refractivity contribution in [2.24, 2.45) is 4.99 Å². The summed E-state index contributed by atoms with van der Waals surface area (Å²) in [5.74, 6) is 1.91. The van der Waals surface area contributed by atoms with Gasteiger partial charge < -0.3 is 14.6 Å². The van der Waals surface area contributed by atoms with Crippen molar-refractivity contribution in [3.05, 3.63) is 59.5 Å². The van der Waals surface area contributed by atoms with Gasteiger partial charge in [-0.05, 0) is 43.8 Å². The number of aliphatic imine (C=N–C) groups is 1. The third-order valence-corrected chi connectivity index (χ3v) is 4.59. The predicted molar refractivity (Wildman–Crippen MR) is 97.1 cm³/mol. The minimum atomic E-state index is 0.175. The fraction of sp³-hybridized carbons (Fsp3) is 0.421. The number of fused-ring (bicyclic) bond motifs is 1. The highest BCUT2D eigenvalue weighted by Gasteiger charge is 2.21. The molecule has 5 heteroatoms. The van der Waals surface area contributed by atoms with Crippen LogP contribution < -0.4 is 5.32 Å². The van der Waals surface area contributed by atoms with Crippen molar-refractivity contribution in [2.45, 2.75) is 19.0 Å². The van der Waals surface area contributed by atoms with Gasteiger partial charge in [0.25, 0.3) is 0 Å². The smallest absolute Gasteiger partial charge is 0.194 e. The molecule has 0 saturated carbocycles. The van der Waals surface area contributed by atoms with Crippen LogP contribution in [0.2, 0.25) is 0 Å². The molecule has 24 heavy (non-hydrogen) atoms. The van der Waals surface area contributed by atoms with E-state index in [4.69, 9.17) is 4.42 Å².